The van der Waals surface area contributed by atoms with Crippen LogP contribution in [0.1, 0.15) is 16.2 Å². The first-order valence-corrected chi connectivity index (χ1v) is 4.77. The smallest absolute Gasteiger partial charge is 0.363 e. The van der Waals surface area contributed by atoms with Gasteiger partial charge in [0, 0.05) is 7.05 Å². The molecule has 0 radical (unpaired) electrons. The minimum Gasteiger partial charge on any atom is -0.469 e. The van der Waals surface area contributed by atoms with E-state index in [4.69, 9.17) is 0 Å². The third kappa shape index (κ3) is 2.44. The minimum atomic E-state index is -0.896. The molecular weight excluding hydrogens is 246 g/mol. The summed E-state index contributed by atoms with van der Waals surface area (Å²) >= 11 is 0. The topological polar surface area (TPSA) is 114 Å². The molecule has 1 rings (SSSR count). The minimum absolute atomic E-state index is 0.144. The van der Waals surface area contributed by atoms with E-state index in [-0.39, 0.29) is 11.4 Å². The molecule has 0 saturated heterocycles. The Labute approximate surface area is 101 Å². The summed E-state index contributed by atoms with van der Waals surface area (Å²) in [6.45, 7) is 0. The molecule has 18 heavy (non-hydrogen) atoms. The number of ether oxygens (including phenoxy) is 2. The fraction of sp³-hybridized carbons (Fsp3) is 0.444. The van der Waals surface area contributed by atoms with E-state index in [1.54, 1.807) is 0 Å². The zero-order chi connectivity index (χ0) is 13.9. The number of carbonyl (C=O) groups excluding carboxylic acids is 2. The van der Waals surface area contributed by atoms with Crippen LogP contribution in [-0.2, 0) is 27.7 Å². The highest BCUT2D eigenvalue weighted by molar-refractivity contribution is 5.93. The molecule has 0 atom stereocenters. The second kappa shape index (κ2) is 5.25. The van der Waals surface area contributed by atoms with Crippen LogP contribution in [-0.4, -0.2) is 40.9 Å². The van der Waals surface area contributed by atoms with Gasteiger partial charge in [-0.2, -0.15) is 5.10 Å². The molecule has 9 heteroatoms. The summed E-state index contributed by atoms with van der Waals surface area (Å²) < 4.78 is 9.83. The van der Waals surface area contributed by atoms with E-state index in [0.717, 1.165) is 18.9 Å². The van der Waals surface area contributed by atoms with Crippen LogP contribution < -0.4 is 0 Å². The van der Waals surface area contributed by atoms with Gasteiger partial charge in [0.25, 0.3) is 0 Å². The number of aromatic nitrogens is 2. The van der Waals surface area contributed by atoms with Crippen LogP contribution in [0.15, 0.2) is 0 Å². The lowest BCUT2D eigenvalue weighted by Crippen LogP contribution is -2.10. The summed E-state index contributed by atoms with van der Waals surface area (Å²) in [5.74, 6) is -1.58. The summed E-state index contributed by atoms with van der Waals surface area (Å²) in [6.07, 6.45) is -0.391. The van der Waals surface area contributed by atoms with Crippen LogP contribution in [0.2, 0.25) is 0 Å². The molecule has 0 aliphatic carbocycles. The van der Waals surface area contributed by atoms with E-state index < -0.39 is 29.0 Å². The van der Waals surface area contributed by atoms with Crippen molar-refractivity contribution < 1.29 is 24.0 Å². The lowest BCUT2D eigenvalue weighted by molar-refractivity contribution is -0.385. The zero-order valence-corrected chi connectivity index (χ0v) is 10.00. The number of hydrogen-bond acceptors (Lipinski definition) is 7. The Morgan fingerprint density at radius 1 is 1.39 bits per heavy atom. The van der Waals surface area contributed by atoms with Crippen LogP contribution in [0.5, 0.6) is 0 Å². The van der Waals surface area contributed by atoms with Crippen molar-refractivity contribution in [2.45, 2.75) is 6.42 Å². The van der Waals surface area contributed by atoms with Gasteiger partial charge >= 0.3 is 17.6 Å². The number of hydrogen-bond donors (Lipinski definition) is 0. The average molecular weight is 257 g/mol. The Bertz CT molecular complexity index is 507. The standard InChI is InChI=1S/C9H11N3O6/c1-11-8(9(14)18-3)7(12(15)16)5(10-11)4-6(13)17-2/h4H2,1-3H3. The fourth-order valence-corrected chi connectivity index (χ4v) is 1.41. The van der Waals surface area contributed by atoms with E-state index in [9.17, 15) is 19.7 Å². The van der Waals surface area contributed by atoms with E-state index >= 15 is 0 Å². The SMILES string of the molecule is COC(=O)Cc1nn(C)c(C(=O)OC)c1[N+](=O)[O-]. The van der Waals surface area contributed by atoms with Gasteiger partial charge in [0.05, 0.1) is 25.6 Å². The van der Waals surface area contributed by atoms with Crippen molar-refractivity contribution in [2.24, 2.45) is 7.05 Å². The Morgan fingerprint density at radius 3 is 2.44 bits per heavy atom. The number of carbonyl (C=O) groups is 2. The predicted octanol–water partition coefficient (Wildman–Crippen LogP) is -0.170. The van der Waals surface area contributed by atoms with Crippen molar-refractivity contribution in [1.29, 1.82) is 0 Å². The summed E-state index contributed by atoms with van der Waals surface area (Å²) in [5, 5.41) is 14.7. The molecule has 1 heterocycles. The van der Waals surface area contributed by atoms with Crippen molar-refractivity contribution in [3.05, 3.63) is 21.5 Å². The van der Waals surface area contributed by atoms with Gasteiger partial charge in [-0.1, -0.05) is 0 Å². The fourth-order valence-electron chi connectivity index (χ4n) is 1.41. The van der Waals surface area contributed by atoms with Crippen LogP contribution in [0, 0.1) is 10.1 Å². The van der Waals surface area contributed by atoms with Gasteiger partial charge in [0.1, 0.15) is 0 Å². The van der Waals surface area contributed by atoms with Crippen molar-refractivity contribution in [3.63, 3.8) is 0 Å². The molecular formula is C9H11N3O6. The molecule has 0 saturated carbocycles. The molecule has 0 spiro atoms. The first kappa shape index (κ1) is 13.6. The van der Waals surface area contributed by atoms with E-state index in [0.29, 0.717) is 0 Å². The quantitative estimate of drug-likeness (QED) is 0.418. The Hall–Kier alpha value is -2.45. The van der Waals surface area contributed by atoms with Gasteiger partial charge in [-0.15, -0.1) is 0 Å². The molecule has 0 N–H and O–H groups in total. The first-order valence-electron chi connectivity index (χ1n) is 4.77. The summed E-state index contributed by atoms with van der Waals surface area (Å²) in [6, 6.07) is 0. The van der Waals surface area contributed by atoms with Crippen LogP contribution in [0.3, 0.4) is 0 Å². The number of aryl methyl sites for hydroxylation is 1. The van der Waals surface area contributed by atoms with E-state index in [1.807, 2.05) is 0 Å². The van der Waals surface area contributed by atoms with Gasteiger partial charge in [-0.25, -0.2) is 4.79 Å². The average Bonchev–Trinajstić information content (AvgIpc) is 2.64. The van der Waals surface area contributed by atoms with Crippen LogP contribution in [0.25, 0.3) is 0 Å². The van der Waals surface area contributed by atoms with Gasteiger partial charge in [-0.05, 0) is 0 Å². The lowest BCUT2D eigenvalue weighted by atomic mass is 10.2. The van der Waals surface area contributed by atoms with Crippen LogP contribution >= 0.6 is 0 Å². The van der Waals surface area contributed by atoms with Gasteiger partial charge in [0.15, 0.2) is 5.69 Å². The molecule has 0 aromatic carbocycles. The summed E-state index contributed by atoms with van der Waals surface area (Å²) in [4.78, 5) is 32.7. The Morgan fingerprint density at radius 2 is 2.00 bits per heavy atom. The summed E-state index contributed by atoms with van der Waals surface area (Å²) in [7, 11) is 3.59. The number of nitrogens with zero attached hydrogens (tertiary/aromatic N) is 3. The maximum absolute atomic E-state index is 11.4. The number of esters is 2. The molecule has 0 aliphatic heterocycles. The highest BCUT2D eigenvalue weighted by Gasteiger charge is 2.32. The molecule has 0 aliphatic rings. The Balaban J connectivity index is 3.32. The van der Waals surface area contributed by atoms with Gasteiger partial charge in [0.2, 0.25) is 5.69 Å². The normalized spacial score (nSPS) is 9.94. The second-order valence-corrected chi connectivity index (χ2v) is 3.27. The summed E-state index contributed by atoms with van der Waals surface area (Å²) in [5.41, 5.74) is -1.01. The molecule has 0 bridgehead atoms. The number of methoxy groups -OCH3 is 2. The molecule has 0 fully saturated rings. The van der Waals surface area contributed by atoms with E-state index in [1.165, 1.54) is 7.05 Å². The number of rotatable bonds is 4. The highest BCUT2D eigenvalue weighted by atomic mass is 16.6. The van der Waals surface area contributed by atoms with Crippen molar-refractivity contribution in [2.75, 3.05) is 14.2 Å². The second-order valence-electron chi connectivity index (χ2n) is 3.27. The molecule has 1 aromatic rings. The third-order valence-electron chi connectivity index (χ3n) is 2.19. The third-order valence-corrected chi connectivity index (χ3v) is 2.19. The Kier molecular flexibility index (Phi) is 3.97. The molecule has 9 nitrogen and oxygen atoms in total. The zero-order valence-electron chi connectivity index (χ0n) is 10.00. The van der Waals surface area contributed by atoms with Gasteiger partial charge < -0.3 is 9.47 Å². The number of nitro groups is 1. The molecule has 1 aromatic heterocycles. The monoisotopic (exact) mass is 257 g/mol. The van der Waals surface area contributed by atoms with E-state index in [2.05, 4.69) is 14.6 Å². The molecule has 0 unspecified atom stereocenters. The first-order chi connectivity index (χ1) is 8.42. The highest BCUT2D eigenvalue weighted by Crippen LogP contribution is 2.24. The largest absolute Gasteiger partial charge is 0.469 e. The maximum atomic E-state index is 11.4. The van der Waals surface area contributed by atoms with Gasteiger partial charge in [-0.3, -0.25) is 19.6 Å². The predicted molar refractivity (Wildman–Crippen MR) is 56.9 cm³/mol. The maximum Gasteiger partial charge on any atom is 0.363 e. The molecule has 98 valence electrons. The van der Waals surface area contributed by atoms with Crippen molar-refractivity contribution in [1.82, 2.24) is 9.78 Å². The van der Waals surface area contributed by atoms with Crippen LogP contribution in [0.4, 0.5) is 5.69 Å². The lowest BCUT2D eigenvalue weighted by Gasteiger charge is -1.98. The molecule has 0 amide bonds. The van der Waals surface area contributed by atoms with Crippen molar-refractivity contribution in [3.8, 4) is 0 Å². The van der Waals surface area contributed by atoms with Crippen molar-refractivity contribution >= 4 is 17.6 Å².